The minimum Gasteiger partial charge on any atom is -0.490 e. The molecule has 0 spiro atoms. The van der Waals surface area contributed by atoms with E-state index < -0.39 is 10.0 Å². The molecule has 0 saturated heterocycles. The Balaban J connectivity index is 1.46. The lowest BCUT2D eigenvalue weighted by molar-refractivity contribution is -0.670. The van der Waals surface area contributed by atoms with Crippen LogP contribution in [0.4, 0.5) is 0 Å². The quantitative estimate of drug-likeness (QED) is 0.392. The van der Waals surface area contributed by atoms with Gasteiger partial charge in [-0.25, -0.2) is 13.6 Å². The van der Waals surface area contributed by atoms with Crippen LogP contribution in [-0.4, -0.2) is 40.1 Å². The van der Waals surface area contributed by atoms with Gasteiger partial charge in [-0.1, -0.05) is 31.4 Å². The summed E-state index contributed by atoms with van der Waals surface area (Å²) >= 11 is 0. The van der Waals surface area contributed by atoms with Gasteiger partial charge < -0.3 is 20.1 Å². The lowest BCUT2D eigenvalue weighted by Crippen LogP contribution is -2.83. The van der Waals surface area contributed by atoms with E-state index in [1.807, 2.05) is 25.1 Å². The third kappa shape index (κ3) is 8.30. The Morgan fingerprint density at radius 1 is 1.03 bits per heavy atom. The first-order chi connectivity index (χ1) is 16.3. The fraction of sp³-hybridized carbons (Fsp3) is 0.480. The molecule has 34 heavy (non-hydrogen) atoms. The molecule has 5 N–H and O–H groups in total. The molecule has 0 aromatic heterocycles. The summed E-state index contributed by atoms with van der Waals surface area (Å²) < 4.78 is 34.2. The summed E-state index contributed by atoms with van der Waals surface area (Å²) in [6.07, 6.45) is 6.48. The monoisotopic (exact) mass is 490 g/mol. The van der Waals surface area contributed by atoms with Crippen LogP contribution < -0.4 is 25.2 Å². The Morgan fingerprint density at radius 2 is 1.74 bits per heavy atom. The highest BCUT2D eigenvalue weighted by Gasteiger charge is 2.17. The molecule has 0 aliphatic heterocycles. The third-order valence-corrected chi connectivity index (χ3v) is 6.84. The summed E-state index contributed by atoms with van der Waals surface area (Å²) in [5.74, 6) is 1.11. The normalized spacial score (nSPS) is 14.5. The van der Waals surface area contributed by atoms with Crippen LogP contribution in [0.3, 0.4) is 0 Å². The van der Waals surface area contributed by atoms with Crippen LogP contribution in [0.1, 0.15) is 50.2 Å². The molecule has 1 aliphatic rings. The summed E-state index contributed by atoms with van der Waals surface area (Å²) in [4.78, 5) is 12.4. The van der Waals surface area contributed by atoms with Crippen LogP contribution in [0.2, 0.25) is 0 Å². The van der Waals surface area contributed by atoms with Crippen molar-refractivity contribution in [3.8, 4) is 11.5 Å². The topological polar surface area (TPSA) is 124 Å². The molecular formula is C25H36N3O5S+. The summed E-state index contributed by atoms with van der Waals surface area (Å²) in [5.41, 5.74) is 2.14. The molecule has 0 atom stereocenters. The first kappa shape index (κ1) is 26.0. The summed E-state index contributed by atoms with van der Waals surface area (Å²) in [5, 5.41) is 10.4. The van der Waals surface area contributed by atoms with Gasteiger partial charge in [0.2, 0.25) is 10.0 Å². The van der Waals surface area contributed by atoms with Crippen LogP contribution in [0, 0.1) is 0 Å². The van der Waals surface area contributed by atoms with Crippen LogP contribution in [0.5, 0.6) is 11.5 Å². The third-order valence-electron chi connectivity index (χ3n) is 5.91. The Hall–Kier alpha value is -2.62. The van der Waals surface area contributed by atoms with E-state index >= 15 is 0 Å². The maximum absolute atomic E-state index is 12.3. The number of rotatable bonds is 12. The van der Waals surface area contributed by atoms with E-state index in [1.165, 1.54) is 31.4 Å². The predicted molar refractivity (Wildman–Crippen MR) is 130 cm³/mol. The van der Waals surface area contributed by atoms with Gasteiger partial charge in [0.15, 0.2) is 18.1 Å². The van der Waals surface area contributed by atoms with E-state index in [0.29, 0.717) is 18.1 Å². The number of quaternary nitrogens is 1. The smallest absolute Gasteiger partial charge is 0.258 e. The van der Waals surface area contributed by atoms with Gasteiger partial charge in [-0.05, 0) is 55.7 Å². The number of carbonyl (C=O) groups excluding carboxylic acids is 1. The van der Waals surface area contributed by atoms with E-state index in [9.17, 15) is 13.2 Å². The van der Waals surface area contributed by atoms with Crippen LogP contribution in [-0.2, 0) is 27.8 Å². The SMILES string of the molecule is CCOc1cc(C[NH2+]CCc2ccc(S(N)(=O)=O)cc2)ccc1OCC(=O)NC1CCCCC1. The van der Waals surface area contributed by atoms with Crippen molar-refractivity contribution in [2.75, 3.05) is 19.8 Å². The molecule has 8 nitrogen and oxygen atoms in total. The van der Waals surface area contributed by atoms with E-state index in [0.717, 1.165) is 43.5 Å². The Bertz CT molecular complexity index is 1040. The number of hydrogen-bond donors (Lipinski definition) is 3. The zero-order valence-corrected chi connectivity index (χ0v) is 20.6. The lowest BCUT2D eigenvalue weighted by atomic mass is 9.95. The maximum Gasteiger partial charge on any atom is 0.258 e. The molecule has 0 radical (unpaired) electrons. The van der Waals surface area contributed by atoms with Gasteiger partial charge in [0.05, 0.1) is 18.0 Å². The number of sulfonamides is 1. The van der Waals surface area contributed by atoms with E-state index in [1.54, 1.807) is 12.1 Å². The molecule has 3 rings (SSSR count). The number of carbonyl (C=O) groups is 1. The number of benzene rings is 2. The van der Waals surface area contributed by atoms with Gasteiger partial charge in [0, 0.05) is 18.0 Å². The number of hydrogen-bond acceptors (Lipinski definition) is 5. The van der Waals surface area contributed by atoms with Gasteiger partial charge >= 0.3 is 0 Å². The van der Waals surface area contributed by atoms with Gasteiger partial charge in [0.1, 0.15) is 6.54 Å². The number of nitrogens with one attached hydrogen (secondary N) is 1. The highest BCUT2D eigenvalue weighted by Crippen LogP contribution is 2.28. The molecule has 1 aliphatic carbocycles. The summed E-state index contributed by atoms with van der Waals surface area (Å²) in [6.45, 7) is 4.01. The predicted octanol–water partition coefficient (Wildman–Crippen LogP) is 1.87. The minimum atomic E-state index is -3.66. The molecule has 186 valence electrons. The van der Waals surface area contributed by atoms with Crippen molar-refractivity contribution >= 4 is 15.9 Å². The van der Waals surface area contributed by atoms with E-state index in [2.05, 4.69) is 10.6 Å². The van der Waals surface area contributed by atoms with Crippen LogP contribution >= 0.6 is 0 Å². The van der Waals surface area contributed by atoms with Crippen molar-refractivity contribution in [1.29, 1.82) is 0 Å². The van der Waals surface area contributed by atoms with Crippen LogP contribution in [0.15, 0.2) is 47.4 Å². The van der Waals surface area contributed by atoms with Crippen molar-refractivity contribution < 1.29 is 28.0 Å². The fourth-order valence-corrected chi connectivity index (χ4v) is 4.63. The zero-order valence-electron chi connectivity index (χ0n) is 19.8. The van der Waals surface area contributed by atoms with Crippen molar-refractivity contribution in [1.82, 2.24) is 5.32 Å². The molecule has 9 heteroatoms. The van der Waals surface area contributed by atoms with Gasteiger partial charge in [-0.15, -0.1) is 0 Å². The second-order valence-electron chi connectivity index (χ2n) is 8.63. The van der Waals surface area contributed by atoms with E-state index in [4.69, 9.17) is 14.6 Å². The molecule has 0 heterocycles. The highest BCUT2D eigenvalue weighted by atomic mass is 32.2. The summed E-state index contributed by atoms with van der Waals surface area (Å²) in [6, 6.07) is 12.7. The number of nitrogens with two attached hydrogens (primary N) is 2. The van der Waals surface area contributed by atoms with Gasteiger partial charge in [-0.2, -0.15) is 0 Å². The first-order valence-electron chi connectivity index (χ1n) is 12.0. The maximum atomic E-state index is 12.3. The van der Waals surface area contributed by atoms with Crippen molar-refractivity contribution in [2.24, 2.45) is 5.14 Å². The van der Waals surface area contributed by atoms with Crippen molar-refractivity contribution in [3.05, 3.63) is 53.6 Å². The molecule has 1 fully saturated rings. The van der Waals surface area contributed by atoms with E-state index in [-0.39, 0.29) is 23.5 Å². The molecule has 0 bridgehead atoms. The van der Waals surface area contributed by atoms with Crippen molar-refractivity contribution in [2.45, 2.75) is 62.9 Å². The Kier molecular flexibility index (Phi) is 9.74. The Morgan fingerprint density at radius 3 is 2.41 bits per heavy atom. The molecule has 2 aromatic rings. The average molecular weight is 491 g/mol. The summed E-state index contributed by atoms with van der Waals surface area (Å²) in [7, 11) is -3.66. The van der Waals surface area contributed by atoms with Crippen molar-refractivity contribution in [3.63, 3.8) is 0 Å². The first-order valence-corrected chi connectivity index (χ1v) is 13.5. The fourth-order valence-electron chi connectivity index (χ4n) is 4.11. The lowest BCUT2D eigenvalue weighted by Gasteiger charge is -2.22. The number of ether oxygens (including phenoxy) is 2. The number of amides is 1. The molecular weight excluding hydrogens is 454 g/mol. The average Bonchev–Trinajstić information content (AvgIpc) is 2.82. The molecule has 2 aromatic carbocycles. The highest BCUT2D eigenvalue weighted by molar-refractivity contribution is 7.89. The van der Waals surface area contributed by atoms with Gasteiger partial charge in [0.25, 0.3) is 5.91 Å². The number of primary sulfonamides is 1. The minimum absolute atomic E-state index is 0.0215. The van der Waals surface area contributed by atoms with Gasteiger partial charge in [-0.3, -0.25) is 4.79 Å². The zero-order chi connectivity index (χ0) is 24.4. The molecule has 1 saturated carbocycles. The largest absolute Gasteiger partial charge is 0.490 e. The standard InChI is InChI=1S/C25H35N3O5S/c1-2-32-24-16-20(17-27-15-14-19-8-11-22(12-9-19)34(26,30)31)10-13-23(24)33-18-25(29)28-21-6-4-3-5-7-21/h8-13,16,21,27H,2-7,14-15,17-18H2,1H3,(H,28,29)(H2,26,30,31)/p+1. The Labute approximate surface area is 202 Å². The molecule has 0 unspecified atom stereocenters. The second-order valence-corrected chi connectivity index (χ2v) is 10.2. The molecule has 1 amide bonds. The second kappa shape index (κ2) is 12.7. The van der Waals surface area contributed by atoms with Crippen LogP contribution in [0.25, 0.3) is 0 Å².